The van der Waals surface area contributed by atoms with Gasteiger partial charge in [0.1, 0.15) is 0 Å². The van der Waals surface area contributed by atoms with Crippen molar-refractivity contribution in [2.75, 3.05) is 12.0 Å². The molecule has 5 nitrogen and oxygen atoms in total. The minimum absolute atomic E-state index is 0.386. The predicted octanol–water partition coefficient (Wildman–Crippen LogP) is 1.25. The molecule has 0 spiro atoms. The zero-order valence-corrected chi connectivity index (χ0v) is 10.4. The second-order valence-corrected chi connectivity index (χ2v) is 5.75. The van der Waals surface area contributed by atoms with Crippen molar-refractivity contribution in [2.45, 2.75) is 6.92 Å². The van der Waals surface area contributed by atoms with Crippen molar-refractivity contribution in [3.05, 3.63) is 36.2 Å². The number of imidazole rings is 1. The van der Waals surface area contributed by atoms with Gasteiger partial charge in [-0.05, 0) is 19.1 Å². The molecule has 2 aromatic rings. The van der Waals surface area contributed by atoms with Crippen LogP contribution in [0.2, 0.25) is 0 Å². The average Bonchev–Trinajstić information content (AvgIpc) is 2.60. The maximum atomic E-state index is 11.6. The highest BCUT2D eigenvalue weighted by atomic mass is 32.2. The summed E-state index contributed by atoms with van der Waals surface area (Å²) in [5.74, 6) is 0.386. The second-order valence-electron chi connectivity index (χ2n) is 3.89. The topological polar surface area (TPSA) is 78.0 Å². The van der Waals surface area contributed by atoms with Gasteiger partial charge in [0.05, 0.1) is 11.9 Å². The fraction of sp³-hybridized carbons (Fsp3) is 0.182. The highest BCUT2D eigenvalue weighted by Crippen LogP contribution is 2.22. The molecule has 0 radical (unpaired) electrons. The molecule has 0 amide bonds. The van der Waals surface area contributed by atoms with Crippen LogP contribution in [0.15, 0.2) is 30.5 Å². The quantitative estimate of drug-likeness (QED) is 0.815. The third-order valence-corrected chi connectivity index (χ3v) is 3.29. The molecule has 0 aliphatic carbocycles. The van der Waals surface area contributed by atoms with Crippen LogP contribution in [0, 0.1) is 6.92 Å². The Morgan fingerprint density at radius 3 is 2.65 bits per heavy atom. The van der Waals surface area contributed by atoms with Crippen molar-refractivity contribution in [3.63, 3.8) is 0 Å². The van der Waals surface area contributed by atoms with Gasteiger partial charge >= 0.3 is 0 Å². The Labute approximate surface area is 100.0 Å². The molecule has 0 fully saturated rings. The molecule has 1 heterocycles. The average molecular weight is 251 g/mol. The Morgan fingerprint density at radius 2 is 2.06 bits per heavy atom. The Bertz CT molecular complexity index is 659. The fourth-order valence-corrected chi connectivity index (χ4v) is 2.40. The van der Waals surface area contributed by atoms with E-state index in [1.807, 2.05) is 0 Å². The molecule has 6 heteroatoms. The summed E-state index contributed by atoms with van der Waals surface area (Å²) in [5, 5.41) is 0. The summed E-state index contributed by atoms with van der Waals surface area (Å²) in [6.07, 6.45) is 2.64. The standard InChI is InChI=1S/C11H13N3O2S/c1-8-7-14(17(2,15)16)11(13-8)9-4-3-5-10(12)6-9/h3-7H,12H2,1-2H3. The molecule has 0 saturated heterocycles. The van der Waals surface area contributed by atoms with Gasteiger partial charge in [0.2, 0.25) is 10.0 Å². The van der Waals surface area contributed by atoms with E-state index in [0.29, 0.717) is 22.8 Å². The van der Waals surface area contributed by atoms with E-state index in [-0.39, 0.29) is 0 Å². The Hall–Kier alpha value is -1.82. The van der Waals surface area contributed by atoms with Gasteiger partial charge in [0.15, 0.2) is 5.82 Å². The van der Waals surface area contributed by atoms with E-state index in [4.69, 9.17) is 5.73 Å². The summed E-state index contributed by atoms with van der Waals surface area (Å²) in [6.45, 7) is 1.75. The summed E-state index contributed by atoms with van der Waals surface area (Å²) in [5.41, 5.74) is 7.58. The number of aryl methyl sites for hydroxylation is 1. The lowest BCUT2D eigenvalue weighted by molar-refractivity contribution is 0.594. The maximum Gasteiger partial charge on any atom is 0.237 e. The Morgan fingerprint density at radius 1 is 1.35 bits per heavy atom. The molecule has 0 aliphatic rings. The summed E-state index contributed by atoms with van der Waals surface area (Å²) < 4.78 is 24.4. The molecule has 0 bridgehead atoms. The number of anilines is 1. The van der Waals surface area contributed by atoms with Crippen LogP contribution in [0.5, 0.6) is 0 Å². The summed E-state index contributed by atoms with van der Waals surface area (Å²) in [6, 6.07) is 6.98. The van der Waals surface area contributed by atoms with Crippen LogP contribution in [0.4, 0.5) is 5.69 Å². The van der Waals surface area contributed by atoms with Gasteiger partial charge in [-0.25, -0.2) is 17.4 Å². The molecule has 0 atom stereocenters. The van der Waals surface area contributed by atoms with Gasteiger partial charge in [-0.1, -0.05) is 12.1 Å². The van der Waals surface area contributed by atoms with E-state index in [9.17, 15) is 8.42 Å². The number of aromatic nitrogens is 2. The van der Waals surface area contributed by atoms with Gasteiger partial charge < -0.3 is 5.73 Å². The van der Waals surface area contributed by atoms with E-state index in [1.54, 1.807) is 31.2 Å². The van der Waals surface area contributed by atoms with Crippen molar-refractivity contribution >= 4 is 15.7 Å². The molecule has 17 heavy (non-hydrogen) atoms. The molecule has 1 aromatic heterocycles. The van der Waals surface area contributed by atoms with E-state index in [0.717, 1.165) is 10.2 Å². The molecule has 0 unspecified atom stereocenters. The minimum atomic E-state index is -3.36. The van der Waals surface area contributed by atoms with Gasteiger partial charge in [0.25, 0.3) is 0 Å². The van der Waals surface area contributed by atoms with Crippen molar-refractivity contribution in [1.29, 1.82) is 0 Å². The highest BCUT2D eigenvalue weighted by Gasteiger charge is 2.15. The number of nitrogens with zero attached hydrogens (tertiary/aromatic N) is 2. The molecular weight excluding hydrogens is 238 g/mol. The van der Waals surface area contributed by atoms with Gasteiger partial charge in [-0.3, -0.25) is 0 Å². The minimum Gasteiger partial charge on any atom is -0.399 e. The largest absolute Gasteiger partial charge is 0.399 e. The SMILES string of the molecule is Cc1cn(S(C)(=O)=O)c(-c2cccc(N)c2)n1. The summed E-state index contributed by atoms with van der Waals surface area (Å²) in [7, 11) is -3.36. The fourth-order valence-electron chi connectivity index (χ4n) is 1.60. The van der Waals surface area contributed by atoms with Crippen LogP contribution in [-0.4, -0.2) is 23.6 Å². The first kappa shape index (κ1) is 11.7. The van der Waals surface area contributed by atoms with Crippen molar-refractivity contribution in [2.24, 2.45) is 0 Å². The van der Waals surface area contributed by atoms with Gasteiger partial charge in [-0.15, -0.1) is 0 Å². The first-order valence-corrected chi connectivity index (χ1v) is 6.85. The summed E-state index contributed by atoms with van der Waals surface area (Å²) in [4.78, 5) is 4.22. The lowest BCUT2D eigenvalue weighted by Gasteiger charge is -2.05. The van der Waals surface area contributed by atoms with Crippen molar-refractivity contribution in [3.8, 4) is 11.4 Å². The maximum absolute atomic E-state index is 11.6. The third-order valence-electron chi connectivity index (χ3n) is 2.30. The lowest BCUT2D eigenvalue weighted by Crippen LogP contribution is -2.10. The van der Waals surface area contributed by atoms with E-state index < -0.39 is 10.0 Å². The van der Waals surface area contributed by atoms with Crippen LogP contribution in [-0.2, 0) is 10.0 Å². The summed E-state index contributed by atoms with van der Waals surface area (Å²) >= 11 is 0. The van der Waals surface area contributed by atoms with Gasteiger partial charge in [-0.2, -0.15) is 0 Å². The zero-order valence-electron chi connectivity index (χ0n) is 9.58. The van der Waals surface area contributed by atoms with Crippen LogP contribution in [0.1, 0.15) is 5.69 Å². The number of hydrogen-bond acceptors (Lipinski definition) is 4. The van der Waals surface area contributed by atoms with Crippen LogP contribution in [0.3, 0.4) is 0 Å². The second kappa shape index (κ2) is 3.89. The number of nitrogens with two attached hydrogens (primary N) is 1. The lowest BCUT2D eigenvalue weighted by atomic mass is 10.2. The zero-order chi connectivity index (χ0) is 12.6. The molecule has 2 rings (SSSR count). The molecule has 0 aliphatic heterocycles. The Balaban J connectivity index is 2.68. The molecule has 90 valence electrons. The highest BCUT2D eigenvalue weighted by molar-refractivity contribution is 7.89. The van der Waals surface area contributed by atoms with Gasteiger partial charge in [0, 0.05) is 17.4 Å². The van der Waals surface area contributed by atoms with Crippen molar-refractivity contribution in [1.82, 2.24) is 8.96 Å². The normalized spacial score (nSPS) is 11.6. The first-order valence-electron chi connectivity index (χ1n) is 5.00. The molecule has 1 aromatic carbocycles. The first-order chi connectivity index (χ1) is 7.88. The van der Waals surface area contributed by atoms with Crippen LogP contribution < -0.4 is 5.73 Å². The van der Waals surface area contributed by atoms with E-state index in [1.165, 1.54) is 6.20 Å². The van der Waals surface area contributed by atoms with Crippen LogP contribution >= 0.6 is 0 Å². The number of benzene rings is 1. The predicted molar refractivity (Wildman–Crippen MR) is 67.1 cm³/mol. The van der Waals surface area contributed by atoms with Crippen LogP contribution in [0.25, 0.3) is 11.4 Å². The monoisotopic (exact) mass is 251 g/mol. The molecule has 2 N–H and O–H groups in total. The number of rotatable bonds is 2. The molecular formula is C11H13N3O2S. The van der Waals surface area contributed by atoms with Crippen molar-refractivity contribution < 1.29 is 8.42 Å². The van der Waals surface area contributed by atoms with E-state index in [2.05, 4.69) is 4.98 Å². The molecule has 0 saturated carbocycles. The Kier molecular flexibility index (Phi) is 2.66. The number of nitrogen functional groups attached to an aromatic ring is 1. The van der Waals surface area contributed by atoms with E-state index >= 15 is 0 Å². The number of hydrogen-bond donors (Lipinski definition) is 1. The third kappa shape index (κ3) is 2.31. The smallest absolute Gasteiger partial charge is 0.237 e.